The number of nitrogens with one attached hydrogen (secondary N) is 1. The van der Waals surface area contributed by atoms with Crippen molar-refractivity contribution in [3.63, 3.8) is 0 Å². The largest absolute Gasteiger partial charge is 0.492 e. The summed E-state index contributed by atoms with van der Waals surface area (Å²) in [6.45, 7) is 10.6. The van der Waals surface area contributed by atoms with Crippen molar-refractivity contribution in [2.75, 3.05) is 43.6 Å². The van der Waals surface area contributed by atoms with Gasteiger partial charge in [-0.3, -0.25) is 9.97 Å². The minimum Gasteiger partial charge on any atom is -0.492 e. The lowest BCUT2D eigenvalue weighted by Crippen LogP contribution is -2.25. The van der Waals surface area contributed by atoms with Crippen LogP contribution in [-0.4, -0.2) is 63.3 Å². The molecule has 0 amide bonds. The second-order valence-corrected chi connectivity index (χ2v) is 13.0. The Morgan fingerprint density at radius 1 is 0.544 bits per heavy atom. The van der Waals surface area contributed by atoms with Crippen molar-refractivity contribution in [3.8, 4) is 34.3 Å². The fourth-order valence-electron chi connectivity index (χ4n) is 5.82. The van der Waals surface area contributed by atoms with Crippen molar-refractivity contribution in [2.24, 2.45) is 0 Å². The van der Waals surface area contributed by atoms with Gasteiger partial charge >= 0.3 is 0 Å². The molecule has 4 heterocycles. The average molecular weight is 757 g/mol. The van der Waals surface area contributed by atoms with Crippen molar-refractivity contribution in [2.45, 2.75) is 27.7 Å². The van der Waals surface area contributed by atoms with Crippen LogP contribution in [0.1, 0.15) is 25.0 Å². The Morgan fingerprint density at radius 3 is 1.61 bits per heavy atom. The fourth-order valence-corrected chi connectivity index (χ4v) is 5.82. The number of nitrogens with zero attached hydrogens (tertiary/aromatic N) is 7. The van der Waals surface area contributed by atoms with Crippen molar-refractivity contribution in [3.05, 3.63) is 157 Å². The summed E-state index contributed by atoms with van der Waals surface area (Å²) in [6.07, 6.45) is 7.05. The zero-order chi connectivity index (χ0) is 39.8. The number of ether oxygens (including phenoxy) is 2. The standard InChI is InChI=1S/C23H22N4O.C22H20N4O.C2H6/c1-17-9-11-19(12-10-17)28-15-14-27(2)23-20-7-3-4-8-21(20)25-22(26-23)18-6-5-13-24-16-18;1-16-8-10-18(11-9-16)27-14-13-24-22-19-6-2-3-7-20(19)25-21(26-22)17-5-4-12-23-15-17;1-2/h3-13,16H,14-15H2,1-2H3;2-12,15H,13-14H2,1H3,(H,24,25,26);1-2H3. The number of likely N-dealkylation sites (N-methyl/N-ethyl adjacent to an activating group) is 1. The normalized spacial score (nSPS) is 10.5. The summed E-state index contributed by atoms with van der Waals surface area (Å²) < 4.78 is 11.7. The highest BCUT2D eigenvalue weighted by Crippen LogP contribution is 2.27. The lowest BCUT2D eigenvalue weighted by Gasteiger charge is -2.21. The van der Waals surface area contributed by atoms with Crippen LogP contribution in [0.4, 0.5) is 11.6 Å². The molecule has 10 nitrogen and oxygen atoms in total. The Labute approximate surface area is 334 Å². The van der Waals surface area contributed by atoms with E-state index in [9.17, 15) is 0 Å². The molecule has 8 rings (SSSR count). The molecule has 0 bridgehead atoms. The highest BCUT2D eigenvalue weighted by Gasteiger charge is 2.13. The minimum atomic E-state index is 0.545. The van der Waals surface area contributed by atoms with Gasteiger partial charge in [0.2, 0.25) is 0 Å². The van der Waals surface area contributed by atoms with Crippen LogP contribution < -0.4 is 19.7 Å². The van der Waals surface area contributed by atoms with E-state index in [1.807, 2.05) is 124 Å². The zero-order valence-corrected chi connectivity index (χ0v) is 33.1. The van der Waals surface area contributed by atoms with Gasteiger partial charge < -0.3 is 19.7 Å². The number of aromatic nitrogens is 6. The Morgan fingerprint density at radius 2 is 1.05 bits per heavy atom. The molecule has 0 fully saturated rings. The van der Waals surface area contributed by atoms with Crippen LogP contribution >= 0.6 is 0 Å². The third kappa shape index (κ3) is 10.9. The number of anilines is 2. The number of fused-ring (bicyclic) bond motifs is 2. The van der Waals surface area contributed by atoms with E-state index in [0.29, 0.717) is 38.0 Å². The van der Waals surface area contributed by atoms with Crippen molar-refractivity contribution < 1.29 is 9.47 Å². The Kier molecular flexibility index (Phi) is 14.0. The molecule has 0 unspecified atom stereocenters. The lowest BCUT2D eigenvalue weighted by atomic mass is 10.2. The third-order valence-corrected chi connectivity index (χ3v) is 8.79. The molecule has 0 spiro atoms. The van der Waals surface area contributed by atoms with Gasteiger partial charge in [-0.15, -0.1) is 0 Å². The van der Waals surface area contributed by atoms with Crippen LogP contribution in [-0.2, 0) is 0 Å². The van der Waals surface area contributed by atoms with E-state index in [1.54, 1.807) is 24.8 Å². The number of hydrogen-bond acceptors (Lipinski definition) is 10. The molecule has 4 aromatic carbocycles. The molecular weight excluding hydrogens is 709 g/mol. The number of aryl methyl sites for hydroxylation is 2. The lowest BCUT2D eigenvalue weighted by molar-refractivity contribution is 0.325. The second-order valence-electron chi connectivity index (χ2n) is 13.0. The topological polar surface area (TPSA) is 111 Å². The van der Waals surface area contributed by atoms with E-state index in [2.05, 4.69) is 57.2 Å². The van der Waals surface area contributed by atoms with E-state index in [1.165, 1.54) is 11.1 Å². The van der Waals surface area contributed by atoms with Gasteiger partial charge in [0.05, 0.1) is 24.1 Å². The van der Waals surface area contributed by atoms with Gasteiger partial charge in [0.15, 0.2) is 11.6 Å². The predicted molar refractivity (Wildman–Crippen MR) is 232 cm³/mol. The summed E-state index contributed by atoms with van der Waals surface area (Å²) in [6, 6.07) is 39.9. The molecule has 4 aromatic heterocycles. The maximum absolute atomic E-state index is 5.89. The highest BCUT2D eigenvalue weighted by atomic mass is 16.5. The summed E-state index contributed by atoms with van der Waals surface area (Å²) in [5.74, 6) is 4.76. The first kappa shape index (κ1) is 39.7. The summed E-state index contributed by atoms with van der Waals surface area (Å²) in [5, 5.41) is 5.39. The van der Waals surface area contributed by atoms with Crippen molar-refractivity contribution in [1.82, 2.24) is 29.9 Å². The molecule has 0 atom stereocenters. The molecule has 8 aromatic rings. The first-order chi connectivity index (χ1) is 28.0. The predicted octanol–water partition coefficient (Wildman–Crippen LogP) is 10.0. The molecule has 0 aliphatic rings. The number of para-hydroxylation sites is 2. The van der Waals surface area contributed by atoms with Gasteiger partial charge in [-0.05, 0) is 86.6 Å². The summed E-state index contributed by atoms with van der Waals surface area (Å²) in [5.41, 5.74) is 6.04. The molecule has 288 valence electrons. The van der Waals surface area contributed by atoms with Gasteiger partial charge in [-0.2, -0.15) is 0 Å². The number of rotatable bonds is 12. The van der Waals surface area contributed by atoms with E-state index in [0.717, 1.165) is 56.1 Å². The number of benzene rings is 4. The monoisotopic (exact) mass is 756 g/mol. The van der Waals surface area contributed by atoms with Gasteiger partial charge in [-0.25, -0.2) is 19.9 Å². The van der Waals surface area contributed by atoms with E-state index in [4.69, 9.17) is 24.4 Å². The summed E-state index contributed by atoms with van der Waals surface area (Å²) in [4.78, 5) is 29.4. The highest BCUT2D eigenvalue weighted by molar-refractivity contribution is 5.91. The van der Waals surface area contributed by atoms with Crippen LogP contribution in [0.15, 0.2) is 146 Å². The zero-order valence-electron chi connectivity index (χ0n) is 33.1. The number of hydrogen-bond donors (Lipinski definition) is 1. The quantitative estimate of drug-likeness (QED) is 0.121. The Hall–Kier alpha value is -6.94. The van der Waals surface area contributed by atoms with Crippen LogP contribution in [0.2, 0.25) is 0 Å². The average Bonchev–Trinajstić information content (AvgIpc) is 3.27. The Bertz CT molecular complexity index is 2450. The molecule has 0 saturated carbocycles. The molecular formula is C47H48N8O2. The van der Waals surface area contributed by atoms with E-state index < -0.39 is 0 Å². The maximum atomic E-state index is 5.89. The molecule has 0 aliphatic carbocycles. The molecule has 0 radical (unpaired) electrons. The molecule has 10 heteroatoms. The molecule has 1 N–H and O–H groups in total. The van der Waals surface area contributed by atoms with Crippen LogP contribution in [0.5, 0.6) is 11.5 Å². The van der Waals surface area contributed by atoms with Crippen molar-refractivity contribution in [1.29, 1.82) is 0 Å². The van der Waals surface area contributed by atoms with Gasteiger partial charge in [0.1, 0.15) is 36.3 Å². The van der Waals surface area contributed by atoms with E-state index >= 15 is 0 Å². The van der Waals surface area contributed by atoms with Crippen LogP contribution in [0, 0.1) is 13.8 Å². The fraction of sp³-hybridized carbons (Fsp3) is 0.191. The van der Waals surface area contributed by atoms with Crippen molar-refractivity contribution >= 4 is 33.4 Å². The van der Waals surface area contributed by atoms with Gasteiger partial charge in [0, 0.05) is 53.7 Å². The number of pyridine rings is 2. The maximum Gasteiger partial charge on any atom is 0.163 e. The van der Waals surface area contributed by atoms with E-state index in [-0.39, 0.29) is 0 Å². The first-order valence-electron chi connectivity index (χ1n) is 19.2. The van der Waals surface area contributed by atoms with Gasteiger partial charge in [0.25, 0.3) is 0 Å². The smallest absolute Gasteiger partial charge is 0.163 e. The van der Waals surface area contributed by atoms with Crippen LogP contribution in [0.3, 0.4) is 0 Å². The second kappa shape index (κ2) is 20.1. The minimum absolute atomic E-state index is 0.545. The SMILES string of the molecule is CC.Cc1ccc(OCCN(C)c2nc(-c3cccnc3)nc3ccccc23)cc1.Cc1ccc(OCCNc2nc(-c3cccnc3)nc3ccccc23)cc1. The summed E-state index contributed by atoms with van der Waals surface area (Å²) in [7, 11) is 2.03. The Balaban J connectivity index is 0.000000185. The molecule has 0 saturated heterocycles. The van der Waals surface area contributed by atoms with Crippen LogP contribution in [0.25, 0.3) is 44.6 Å². The third-order valence-electron chi connectivity index (χ3n) is 8.79. The molecule has 0 aliphatic heterocycles. The van der Waals surface area contributed by atoms with Gasteiger partial charge in [-0.1, -0.05) is 73.5 Å². The first-order valence-corrected chi connectivity index (χ1v) is 19.2. The summed E-state index contributed by atoms with van der Waals surface area (Å²) >= 11 is 0. The molecule has 57 heavy (non-hydrogen) atoms.